The number of carbonyl (C=O) groups excluding carboxylic acids is 1. The number of aryl methyl sites for hydroxylation is 1. The molecule has 0 aliphatic heterocycles. The highest BCUT2D eigenvalue weighted by Gasteiger charge is 2.13. The fraction of sp³-hybridized carbons (Fsp3) is 0.143. The largest absolute Gasteiger partial charge is 0.324 e. The van der Waals surface area contributed by atoms with Crippen molar-refractivity contribution in [2.75, 3.05) is 5.32 Å². The fourth-order valence-electron chi connectivity index (χ4n) is 1.69. The Balaban J connectivity index is 2.11. The van der Waals surface area contributed by atoms with E-state index in [0.717, 1.165) is 17.7 Å². The van der Waals surface area contributed by atoms with Gasteiger partial charge in [-0.15, -0.1) is 0 Å². The lowest BCUT2D eigenvalue weighted by Gasteiger charge is -2.08. The number of nitrogens with zero attached hydrogens (tertiary/aromatic N) is 1. The van der Waals surface area contributed by atoms with Crippen LogP contribution in [0, 0.1) is 18.6 Å². The molecule has 0 fully saturated rings. The van der Waals surface area contributed by atoms with Gasteiger partial charge in [-0.2, -0.15) is 0 Å². The molecule has 0 aliphatic rings. The molecular formula is C14H11BrF2N2O. The summed E-state index contributed by atoms with van der Waals surface area (Å²) in [5.74, 6) is -1.96. The molecule has 0 saturated heterocycles. The third-order valence-corrected chi connectivity index (χ3v) is 3.53. The zero-order chi connectivity index (χ0) is 14.7. The van der Waals surface area contributed by atoms with Gasteiger partial charge in [0.25, 0.3) is 0 Å². The number of hydrogen-bond donors (Lipinski definition) is 1. The van der Waals surface area contributed by atoms with Crippen LogP contribution in [-0.4, -0.2) is 10.9 Å². The fourth-order valence-corrected chi connectivity index (χ4v) is 1.91. The molecule has 0 unspecified atom stereocenters. The highest BCUT2D eigenvalue weighted by Crippen LogP contribution is 2.18. The third kappa shape index (κ3) is 3.39. The van der Waals surface area contributed by atoms with Crippen molar-refractivity contribution in [3.63, 3.8) is 0 Å². The van der Waals surface area contributed by atoms with Gasteiger partial charge >= 0.3 is 0 Å². The summed E-state index contributed by atoms with van der Waals surface area (Å²) < 4.78 is 27.5. The lowest BCUT2D eigenvalue weighted by molar-refractivity contribution is -0.115. The Morgan fingerprint density at radius 3 is 2.60 bits per heavy atom. The Bertz CT molecular complexity index is 641. The molecule has 0 spiro atoms. The van der Waals surface area contributed by atoms with Crippen LogP contribution in [0.4, 0.5) is 14.5 Å². The van der Waals surface area contributed by atoms with Gasteiger partial charge in [0.05, 0.1) is 18.3 Å². The van der Waals surface area contributed by atoms with Crippen molar-refractivity contribution in [3.8, 4) is 0 Å². The van der Waals surface area contributed by atoms with Gasteiger partial charge in [0.2, 0.25) is 5.91 Å². The van der Waals surface area contributed by atoms with E-state index in [2.05, 4.69) is 26.2 Å². The Morgan fingerprint density at radius 1 is 1.35 bits per heavy atom. The van der Waals surface area contributed by atoms with Gasteiger partial charge in [-0.05, 0) is 46.6 Å². The lowest BCUT2D eigenvalue weighted by Crippen LogP contribution is -2.16. The molecule has 6 heteroatoms. The first-order valence-corrected chi connectivity index (χ1v) is 6.61. The van der Waals surface area contributed by atoms with E-state index in [4.69, 9.17) is 0 Å². The van der Waals surface area contributed by atoms with E-state index < -0.39 is 17.5 Å². The lowest BCUT2D eigenvalue weighted by atomic mass is 10.1. The van der Waals surface area contributed by atoms with Gasteiger partial charge in [0.15, 0.2) is 0 Å². The number of aromatic nitrogens is 1. The summed E-state index contributed by atoms with van der Waals surface area (Å²) in [4.78, 5) is 15.8. The van der Waals surface area contributed by atoms with Crippen LogP contribution in [0.3, 0.4) is 0 Å². The van der Waals surface area contributed by atoms with Gasteiger partial charge in [0, 0.05) is 5.56 Å². The van der Waals surface area contributed by atoms with Crippen LogP contribution in [0.15, 0.2) is 35.1 Å². The number of nitrogens with one attached hydrogen (secondary N) is 1. The van der Waals surface area contributed by atoms with Crippen molar-refractivity contribution < 1.29 is 13.6 Å². The maximum absolute atomic E-state index is 13.4. The summed E-state index contributed by atoms with van der Waals surface area (Å²) in [6.07, 6.45) is 1.10. The van der Waals surface area contributed by atoms with Crippen LogP contribution in [0.1, 0.15) is 11.1 Å². The minimum absolute atomic E-state index is 0.244. The van der Waals surface area contributed by atoms with Crippen LogP contribution >= 0.6 is 15.9 Å². The molecule has 20 heavy (non-hydrogen) atoms. The van der Waals surface area contributed by atoms with E-state index in [9.17, 15) is 13.6 Å². The first-order valence-electron chi connectivity index (χ1n) is 5.82. The number of carbonyl (C=O) groups is 1. The molecule has 104 valence electrons. The number of anilines is 1. The van der Waals surface area contributed by atoms with Gasteiger partial charge < -0.3 is 5.32 Å². The molecule has 1 aromatic carbocycles. The van der Waals surface area contributed by atoms with Gasteiger partial charge in [-0.3, -0.25) is 4.79 Å². The molecule has 0 atom stereocenters. The quantitative estimate of drug-likeness (QED) is 0.867. The van der Waals surface area contributed by atoms with Crippen LogP contribution in [0.2, 0.25) is 0 Å². The molecule has 1 amide bonds. The highest BCUT2D eigenvalue weighted by atomic mass is 79.9. The summed E-state index contributed by atoms with van der Waals surface area (Å²) in [6, 6.07) is 5.22. The average molecular weight is 341 g/mol. The maximum atomic E-state index is 13.4. The Hall–Kier alpha value is -1.82. The van der Waals surface area contributed by atoms with Crippen molar-refractivity contribution in [1.29, 1.82) is 0 Å². The first kappa shape index (κ1) is 14.6. The summed E-state index contributed by atoms with van der Waals surface area (Å²) in [7, 11) is 0. The van der Waals surface area contributed by atoms with Crippen molar-refractivity contribution in [3.05, 3.63) is 57.8 Å². The zero-order valence-electron chi connectivity index (χ0n) is 10.6. The summed E-state index contributed by atoms with van der Waals surface area (Å²) >= 11 is 3.25. The SMILES string of the molecule is Cc1cc(NC(=O)Cc2c(F)cccc2F)cnc1Br. The standard InChI is InChI=1S/C14H11BrF2N2O/c1-8-5-9(7-18-14(8)15)19-13(20)6-10-11(16)3-2-4-12(10)17/h2-5,7H,6H2,1H3,(H,19,20). The molecule has 2 aromatic rings. The number of rotatable bonds is 3. The molecule has 1 aromatic heterocycles. The summed E-state index contributed by atoms with van der Waals surface area (Å²) in [5, 5.41) is 2.56. The second-order valence-corrected chi connectivity index (χ2v) is 5.01. The van der Waals surface area contributed by atoms with Gasteiger partial charge in [0.1, 0.15) is 16.2 Å². The van der Waals surface area contributed by atoms with E-state index in [1.54, 1.807) is 6.07 Å². The maximum Gasteiger partial charge on any atom is 0.229 e. The van der Waals surface area contributed by atoms with Crippen LogP contribution in [0.5, 0.6) is 0 Å². The topological polar surface area (TPSA) is 42.0 Å². The number of benzene rings is 1. The Kier molecular flexibility index (Phi) is 4.44. The van der Waals surface area contributed by atoms with E-state index >= 15 is 0 Å². The molecule has 3 nitrogen and oxygen atoms in total. The molecule has 0 saturated carbocycles. The molecule has 0 aliphatic carbocycles. The normalized spacial score (nSPS) is 10.4. The van der Waals surface area contributed by atoms with Crippen molar-refractivity contribution >= 4 is 27.5 Å². The predicted molar refractivity (Wildman–Crippen MR) is 75.4 cm³/mol. The molecule has 1 N–H and O–H groups in total. The van der Waals surface area contributed by atoms with E-state index in [1.807, 2.05) is 6.92 Å². The Morgan fingerprint density at radius 2 is 2.00 bits per heavy atom. The minimum Gasteiger partial charge on any atom is -0.324 e. The predicted octanol–water partition coefficient (Wildman–Crippen LogP) is 3.61. The number of pyridine rings is 1. The van der Waals surface area contributed by atoms with Crippen LogP contribution < -0.4 is 5.32 Å². The summed E-state index contributed by atoms with van der Waals surface area (Å²) in [6.45, 7) is 1.82. The Labute approximate surface area is 123 Å². The van der Waals surface area contributed by atoms with Gasteiger partial charge in [-0.25, -0.2) is 13.8 Å². The van der Waals surface area contributed by atoms with E-state index in [0.29, 0.717) is 10.3 Å². The van der Waals surface area contributed by atoms with Crippen LogP contribution in [0.25, 0.3) is 0 Å². The first-order chi connectivity index (χ1) is 9.47. The molecule has 0 bridgehead atoms. The zero-order valence-corrected chi connectivity index (χ0v) is 12.2. The van der Waals surface area contributed by atoms with E-state index in [-0.39, 0.29) is 12.0 Å². The second-order valence-electron chi connectivity index (χ2n) is 4.26. The number of amides is 1. The molecular weight excluding hydrogens is 330 g/mol. The minimum atomic E-state index is -0.731. The second kappa shape index (κ2) is 6.09. The highest BCUT2D eigenvalue weighted by molar-refractivity contribution is 9.10. The third-order valence-electron chi connectivity index (χ3n) is 2.70. The number of halogens is 3. The smallest absolute Gasteiger partial charge is 0.229 e. The van der Waals surface area contributed by atoms with Crippen molar-refractivity contribution in [2.24, 2.45) is 0 Å². The van der Waals surface area contributed by atoms with Crippen molar-refractivity contribution in [1.82, 2.24) is 4.98 Å². The molecule has 0 radical (unpaired) electrons. The van der Waals surface area contributed by atoms with Crippen molar-refractivity contribution in [2.45, 2.75) is 13.3 Å². The van der Waals surface area contributed by atoms with E-state index in [1.165, 1.54) is 12.3 Å². The van der Waals surface area contributed by atoms with Crippen LogP contribution in [-0.2, 0) is 11.2 Å². The van der Waals surface area contributed by atoms with Gasteiger partial charge in [-0.1, -0.05) is 6.07 Å². The number of hydrogen-bond acceptors (Lipinski definition) is 2. The monoisotopic (exact) mass is 340 g/mol. The average Bonchev–Trinajstić information content (AvgIpc) is 2.38. The summed E-state index contributed by atoms with van der Waals surface area (Å²) in [5.41, 5.74) is 1.08. The molecule has 2 rings (SSSR count). The molecule has 1 heterocycles.